The summed E-state index contributed by atoms with van der Waals surface area (Å²) in [5.41, 5.74) is -3.29. The van der Waals surface area contributed by atoms with Crippen molar-refractivity contribution in [3.8, 4) is 0 Å². The second-order valence-electron chi connectivity index (χ2n) is 30.8. The van der Waals surface area contributed by atoms with E-state index in [1.54, 1.807) is 13.8 Å². The largest absolute Gasteiger partial charge is 1.00 e. The molecule has 4 saturated carbocycles. The molecule has 4 fully saturated rings. The number of carboxylic acids is 1. The molecule has 0 heterocycles. The van der Waals surface area contributed by atoms with E-state index in [1.165, 1.54) is 32.1 Å². The third-order valence-electron chi connectivity index (χ3n) is 17.3. The first-order chi connectivity index (χ1) is 40.4. The number of hydrogen-bond acceptors (Lipinski definition) is 18. The van der Waals surface area contributed by atoms with Gasteiger partial charge in [-0.15, -0.1) is 0 Å². The minimum Gasteiger partial charge on any atom is -0.748 e. The summed E-state index contributed by atoms with van der Waals surface area (Å²) in [6, 6.07) is 0.925. The predicted molar refractivity (Wildman–Crippen MR) is 364 cm³/mol. The number of carbonyl (C=O) groups excluding carboxylic acids is 4. The van der Waals surface area contributed by atoms with Gasteiger partial charge in [-0.3, -0.25) is 24.0 Å². The van der Waals surface area contributed by atoms with Gasteiger partial charge in [0.25, 0.3) is 0 Å². The van der Waals surface area contributed by atoms with E-state index in [1.807, 2.05) is 69.2 Å². The first kappa shape index (κ1) is 90.9. The van der Waals surface area contributed by atoms with Crippen LogP contribution in [0.1, 0.15) is 200 Å². The molecule has 1 N–H and O–H groups in total. The standard InChI is InChI=1S/C20H50O6Si5.C19H30O7S.C19H38O4.C6H12O2.Ag/c1-15-20(2,3)19(21)22-17-16-18-28(7,8)24-30(11,12)26-31(13,14)25-29(9,10)23-27(4,5)6;1-4-17(2,3)15(20)26-19-10-13-7-14(11-19)9-18(8-13,12-19)16(21)25-5-6-27(22,23)24;1-6-9-10-11-17(7-2)16-22-13-12-21-14-15-23-18(20)19(4,5)8-3;1-4-6(2,3)5(7)8;/h15-18H2,1-14H3;13-14H,4-12H2,1-3H3,(H,22,23,24);17H,6-16H2,1-5H3;4H2,1-3H3,(H,7,8);/q;;;;+1/p-1. The number of rotatable bonds is 38. The van der Waals surface area contributed by atoms with E-state index in [9.17, 15) is 36.9 Å². The van der Waals surface area contributed by atoms with Gasteiger partial charge in [0.1, 0.15) is 18.8 Å². The van der Waals surface area contributed by atoms with Crippen LogP contribution in [0.2, 0.25) is 78.1 Å². The fourth-order valence-corrected chi connectivity index (χ4v) is 35.4. The van der Waals surface area contributed by atoms with Crippen molar-refractivity contribution in [3.05, 3.63) is 0 Å². The molecule has 3 unspecified atom stereocenters. The van der Waals surface area contributed by atoms with Gasteiger partial charge in [0.2, 0.25) is 0 Å². The van der Waals surface area contributed by atoms with Gasteiger partial charge in [0.05, 0.1) is 69.4 Å². The van der Waals surface area contributed by atoms with Crippen molar-refractivity contribution in [1.29, 1.82) is 0 Å². The zero-order chi connectivity index (χ0) is 69.4. The maximum absolute atomic E-state index is 12.8. The number of hydrogen-bond donors (Lipinski definition) is 1. The average Bonchev–Trinajstić information content (AvgIpc) is 2.67. The van der Waals surface area contributed by atoms with Gasteiger partial charge < -0.3 is 54.5 Å². The molecule has 90 heavy (non-hydrogen) atoms. The van der Waals surface area contributed by atoms with Gasteiger partial charge in [-0.05, 0) is 222 Å². The molecule has 0 saturated heterocycles. The van der Waals surface area contributed by atoms with Gasteiger partial charge >= 0.3 is 77.9 Å². The van der Waals surface area contributed by atoms with Crippen LogP contribution in [0.5, 0.6) is 0 Å². The maximum atomic E-state index is 12.8. The van der Waals surface area contributed by atoms with E-state index in [-0.39, 0.29) is 40.3 Å². The van der Waals surface area contributed by atoms with Gasteiger partial charge in [-0.1, -0.05) is 67.2 Å². The minimum atomic E-state index is -4.42. The Morgan fingerprint density at radius 2 is 1.00 bits per heavy atom. The smallest absolute Gasteiger partial charge is 0.748 e. The number of carbonyl (C=O) groups is 5. The summed E-state index contributed by atoms with van der Waals surface area (Å²) in [5.74, 6) is -1.11. The molecule has 4 rings (SSSR count). The molecule has 4 bridgehead atoms. The molecule has 0 spiro atoms. The van der Waals surface area contributed by atoms with Crippen LogP contribution >= 0.6 is 0 Å². The third kappa shape index (κ3) is 36.3. The van der Waals surface area contributed by atoms with Crippen LogP contribution in [-0.4, -0.2) is 148 Å². The summed E-state index contributed by atoms with van der Waals surface area (Å²) in [6.45, 7) is 53.5. The molecule has 0 aromatic rings. The second kappa shape index (κ2) is 39.3. The molecule has 0 radical (unpaired) electrons. The number of unbranched alkanes of at least 4 members (excludes halogenated alkanes) is 2. The van der Waals surface area contributed by atoms with Crippen molar-refractivity contribution in [1.82, 2.24) is 0 Å². The van der Waals surface area contributed by atoms with Crippen LogP contribution in [0.15, 0.2) is 0 Å². The number of aliphatic carboxylic acids is 1. The molecule has 0 amide bonds. The van der Waals surface area contributed by atoms with E-state index in [0.29, 0.717) is 82.9 Å². The SMILES string of the molecule is CCC(C)(C)C(=O)O.CCC(C)(C)C(=O)OC12CC3CC(C1)CC(C(=O)OCCS(=O)(=O)[O-])(C3)C2.CCC(C)(C)C(=O)OCCC[Si](C)(C)O[Si](C)(C)O[Si](C)(C)O[Si](C)(C)O[Si](C)(C)C.CCCCCC(CC)COCCOCCOC(=O)C(C)(C)CC.[Ag+]. The molecule has 536 valence electrons. The Morgan fingerprint density at radius 1 is 0.556 bits per heavy atom. The third-order valence-corrected chi connectivity index (χ3v) is 36.0. The summed E-state index contributed by atoms with van der Waals surface area (Å²) in [5, 5.41) is 8.44. The molecule has 19 nitrogen and oxygen atoms in total. The molecular weight excluding hydrogens is 1350 g/mol. The van der Waals surface area contributed by atoms with Crippen molar-refractivity contribution < 1.29 is 109 Å². The van der Waals surface area contributed by atoms with Crippen LogP contribution in [-0.2, 0) is 101 Å². The van der Waals surface area contributed by atoms with Crippen molar-refractivity contribution in [3.63, 3.8) is 0 Å². The van der Waals surface area contributed by atoms with E-state index in [2.05, 4.69) is 85.9 Å². The van der Waals surface area contributed by atoms with Crippen molar-refractivity contribution >= 4 is 82.3 Å². The normalized spacial score (nSPS) is 19.9. The molecule has 4 aliphatic carbocycles. The average molecular weight is 1480 g/mol. The van der Waals surface area contributed by atoms with Crippen LogP contribution < -0.4 is 0 Å². The molecular formula is C64H129AgO19SSi5. The Hall–Kier alpha value is -1.16. The summed E-state index contributed by atoms with van der Waals surface area (Å²) in [7, 11) is -15.1. The van der Waals surface area contributed by atoms with E-state index in [0.717, 1.165) is 51.2 Å². The fraction of sp³-hybridized carbons (Fsp3) is 0.922. The van der Waals surface area contributed by atoms with Crippen molar-refractivity contribution in [2.24, 2.45) is 44.8 Å². The maximum Gasteiger partial charge on any atom is 1.00 e. The Labute approximate surface area is 568 Å². The number of esters is 4. The van der Waals surface area contributed by atoms with Crippen LogP contribution in [0.3, 0.4) is 0 Å². The Morgan fingerprint density at radius 3 is 1.43 bits per heavy atom. The fourth-order valence-electron chi connectivity index (χ4n) is 11.4. The number of ether oxygens (including phenoxy) is 6. The van der Waals surface area contributed by atoms with Crippen LogP contribution in [0, 0.1) is 44.8 Å². The van der Waals surface area contributed by atoms with E-state index in [4.69, 9.17) is 50.0 Å². The molecule has 3 atom stereocenters. The summed E-state index contributed by atoms with van der Waals surface area (Å²) in [4.78, 5) is 59.6. The van der Waals surface area contributed by atoms with Gasteiger partial charge in [-0.2, -0.15) is 0 Å². The summed E-state index contributed by atoms with van der Waals surface area (Å²) < 4.78 is 91.3. The Bertz CT molecular complexity index is 2260. The quantitative estimate of drug-likeness (QED) is 0.0198. The second-order valence-corrected chi connectivity index (χ2v) is 52.2. The van der Waals surface area contributed by atoms with Crippen LogP contribution in [0.4, 0.5) is 0 Å². The molecule has 26 heteroatoms. The molecule has 0 aromatic heterocycles. The first-order valence-corrected chi connectivity index (χ1v) is 49.8. The van der Waals surface area contributed by atoms with Crippen molar-refractivity contribution in [2.75, 3.05) is 52.0 Å². The predicted octanol–water partition coefficient (Wildman–Crippen LogP) is 15.1. The Balaban J connectivity index is 0. The Kier molecular flexibility index (Phi) is 39.7. The molecule has 0 aliphatic heterocycles. The summed E-state index contributed by atoms with van der Waals surface area (Å²) in [6.07, 6.45) is 14.4. The number of carboxylic acid groups (broad SMARTS) is 1. The monoisotopic (exact) mass is 1480 g/mol. The van der Waals surface area contributed by atoms with Crippen LogP contribution in [0.25, 0.3) is 0 Å². The zero-order valence-corrected chi connectivity index (χ0v) is 68.2. The zero-order valence-electron chi connectivity index (χ0n) is 60.9. The summed E-state index contributed by atoms with van der Waals surface area (Å²) >= 11 is 0. The minimum absolute atomic E-state index is 0. The van der Waals surface area contributed by atoms with Gasteiger partial charge in [0, 0.05) is 13.0 Å². The molecule has 4 aliphatic rings. The van der Waals surface area contributed by atoms with E-state index < -0.39 is 109 Å². The van der Waals surface area contributed by atoms with Gasteiger partial charge in [-0.25, -0.2) is 8.42 Å². The van der Waals surface area contributed by atoms with Gasteiger partial charge in [0.15, 0.2) is 16.6 Å². The topological polar surface area (TPSA) is 255 Å². The first-order valence-electron chi connectivity index (χ1n) is 33.3. The van der Waals surface area contributed by atoms with Crippen molar-refractivity contribution in [2.45, 2.75) is 283 Å². The molecule has 0 aromatic carbocycles. The van der Waals surface area contributed by atoms with E-state index >= 15 is 0 Å².